The van der Waals surface area contributed by atoms with Crippen molar-refractivity contribution in [1.82, 2.24) is 14.9 Å². The quantitative estimate of drug-likeness (QED) is 0.772. The molecule has 2 aliphatic rings. The largest absolute Gasteiger partial charge is 0.379 e. The van der Waals surface area contributed by atoms with Crippen molar-refractivity contribution in [1.29, 1.82) is 0 Å². The SMILES string of the molecule is c1cc(NCCN2CCOCC2)nc(NCC2CCCO2)n1. The molecule has 3 heterocycles. The van der Waals surface area contributed by atoms with Crippen molar-refractivity contribution in [3.8, 4) is 0 Å². The molecule has 2 aliphatic heterocycles. The third kappa shape index (κ3) is 4.79. The second kappa shape index (κ2) is 8.26. The van der Waals surface area contributed by atoms with Crippen LogP contribution >= 0.6 is 0 Å². The zero-order valence-corrected chi connectivity index (χ0v) is 13.0. The fraction of sp³-hybridized carbons (Fsp3) is 0.733. The highest BCUT2D eigenvalue weighted by atomic mass is 16.5. The summed E-state index contributed by atoms with van der Waals surface area (Å²) in [5.41, 5.74) is 0. The molecule has 0 aromatic carbocycles. The molecule has 1 unspecified atom stereocenters. The topological polar surface area (TPSA) is 71.5 Å². The molecule has 0 saturated carbocycles. The van der Waals surface area contributed by atoms with Gasteiger partial charge in [-0.15, -0.1) is 0 Å². The Bertz CT molecular complexity index is 447. The maximum Gasteiger partial charge on any atom is 0.224 e. The molecule has 0 amide bonds. The summed E-state index contributed by atoms with van der Waals surface area (Å²) in [6, 6.07) is 1.90. The van der Waals surface area contributed by atoms with Crippen molar-refractivity contribution in [2.75, 3.05) is 63.2 Å². The lowest BCUT2D eigenvalue weighted by molar-refractivity contribution is 0.0398. The molecule has 0 aliphatic carbocycles. The molecule has 7 nitrogen and oxygen atoms in total. The van der Waals surface area contributed by atoms with E-state index >= 15 is 0 Å². The van der Waals surface area contributed by atoms with Gasteiger partial charge in [0.1, 0.15) is 5.82 Å². The van der Waals surface area contributed by atoms with E-state index in [1.165, 1.54) is 0 Å². The number of morpholine rings is 1. The van der Waals surface area contributed by atoms with Crippen LogP contribution in [0.15, 0.2) is 12.3 Å². The summed E-state index contributed by atoms with van der Waals surface area (Å²) < 4.78 is 10.9. The molecule has 3 rings (SSSR count). The first-order chi connectivity index (χ1) is 10.9. The molecule has 1 aromatic heterocycles. The van der Waals surface area contributed by atoms with E-state index in [1.807, 2.05) is 6.07 Å². The van der Waals surface area contributed by atoms with E-state index in [1.54, 1.807) is 6.20 Å². The van der Waals surface area contributed by atoms with Gasteiger partial charge in [0.2, 0.25) is 5.95 Å². The molecule has 0 bridgehead atoms. The zero-order chi connectivity index (χ0) is 15.0. The number of anilines is 2. The number of nitrogens with zero attached hydrogens (tertiary/aromatic N) is 3. The van der Waals surface area contributed by atoms with Gasteiger partial charge in [0, 0.05) is 45.5 Å². The lowest BCUT2D eigenvalue weighted by atomic mass is 10.2. The van der Waals surface area contributed by atoms with Gasteiger partial charge in [-0.05, 0) is 18.9 Å². The minimum atomic E-state index is 0.293. The van der Waals surface area contributed by atoms with Crippen LogP contribution < -0.4 is 10.6 Å². The van der Waals surface area contributed by atoms with E-state index < -0.39 is 0 Å². The molecule has 122 valence electrons. The summed E-state index contributed by atoms with van der Waals surface area (Å²) in [5, 5.41) is 6.61. The molecular weight excluding hydrogens is 282 g/mol. The van der Waals surface area contributed by atoms with Crippen molar-refractivity contribution in [2.24, 2.45) is 0 Å². The van der Waals surface area contributed by atoms with Crippen LogP contribution in [-0.4, -0.2) is 73.5 Å². The summed E-state index contributed by atoms with van der Waals surface area (Å²) in [6.07, 6.45) is 4.34. The van der Waals surface area contributed by atoms with Crippen LogP contribution in [0.25, 0.3) is 0 Å². The predicted octanol–water partition coefficient (Wildman–Crippen LogP) is 0.812. The standard InChI is InChI=1S/C15H25N5O2/c1-2-13(22-9-1)12-18-15-17-4-3-14(19-15)16-5-6-20-7-10-21-11-8-20/h3-4,13H,1-2,5-12H2,(H2,16,17,18,19). The minimum Gasteiger partial charge on any atom is -0.379 e. The van der Waals surface area contributed by atoms with Crippen LogP contribution in [0.1, 0.15) is 12.8 Å². The Balaban J connectivity index is 1.40. The maximum atomic E-state index is 5.59. The second-order valence-corrected chi connectivity index (χ2v) is 5.66. The maximum absolute atomic E-state index is 5.59. The van der Waals surface area contributed by atoms with Gasteiger partial charge in [0.15, 0.2) is 0 Å². The van der Waals surface area contributed by atoms with Gasteiger partial charge < -0.3 is 20.1 Å². The highest BCUT2D eigenvalue weighted by Gasteiger charge is 2.15. The van der Waals surface area contributed by atoms with Crippen molar-refractivity contribution in [2.45, 2.75) is 18.9 Å². The Morgan fingerprint density at radius 2 is 2.14 bits per heavy atom. The van der Waals surface area contributed by atoms with E-state index in [0.717, 1.165) is 71.2 Å². The smallest absolute Gasteiger partial charge is 0.224 e. The van der Waals surface area contributed by atoms with Crippen LogP contribution in [-0.2, 0) is 9.47 Å². The van der Waals surface area contributed by atoms with Gasteiger partial charge in [-0.2, -0.15) is 4.98 Å². The Morgan fingerprint density at radius 1 is 1.23 bits per heavy atom. The summed E-state index contributed by atoms with van der Waals surface area (Å²) in [7, 11) is 0. The van der Waals surface area contributed by atoms with Crippen LogP contribution in [0.4, 0.5) is 11.8 Å². The molecular formula is C15H25N5O2. The van der Waals surface area contributed by atoms with Crippen molar-refractivity contribution in [3.05, 3.63) is 12.3 Å². The number of hydrogen-bond donors (Lipinski definition) is 2. The first-order valence-electron chi connectivity index (χ1n) is 8.13. The Kier molecular flexibility index (Phi) is 5.80. The van der Waals surface area contributed by atoms with E-state index in [0.29, 0.717) is 12.1 Å². The molecule has 22 heavy (non-hydrogen) atoms. The van der Waals surface area contributed by atoms with Gasteiger partial charge in [-0.25, -0.2) is 4.98 Å². The fourth-order valence-corrected chi connectivity index (χ4v) is 2.72. The van der Waals surface area contributed by atoms with E-state index in [4.69, 9.17) is 9.47 Å². The highest BCUT2D eigenvalue weighted by Crippen LogP contribution is 2.13. The lowest BCUT2D eigenvalue weighted by Crippen LogP contribution is -2.39. The zero-order valence-electron chi connectivity index (χ0n) is 13.0. The van der Waals surface area contributed by atoms with Gasteiger partial charge in [-0.3, -0.25) is 4.90 Å². The molecule has 2 saturated heterocycles. The van der Waals surface area contributed by atoms with E-state index in [9.17, 15) is 0 Å². The number of aromatic nitrogens is 2. The third-order valence-corrected chi connectivity index (χ3v) is 4.01. The number of rotatable bonds is 7. The van der Waals surface area contributed by atoms with Gasteiger partial charge >= 0.3 is 0 Å². The predicted molar refractivity (Wildman–Crippen MR) is 85.2 cm³/mol. The van der Waals surface area contributed by atoms with Crippen LogP contribution in [0.3, 0.4) is 0 Å². The summed E-state index contributed by atoms with van der Waals surface area (Å²) in [4.78, 5) is 11.1. The summed E-state index contributed by atoms with van der Waals surface area (Å²) in [5.74, 6) is 1.52. The molecule has 2 N–H and O–H groups in total. The van der Waals surface area contributed by atoms with Gasteiger partial charge in [0.05, 0.1) is 19.3 Å². The molecule has 0 spiro atoms. The van der Waals surface area contributed by atoms with Gasteiger partial charge in [-0.1, -0.05) is 0 Å². The number of ether oxygens (including phenoxy) is 2. The Hall–Kier alpha value is -1.44. The second-order valence-electron chi connectivity index (χ2n) is 5.66. The summed E-state index contributed by atoms with van der Waals surface area (Å²) >= 11 is 0. The normalized spacial score (nSPS) is 22.6. The van der Waals surface area contributed by atoms with E-state index in [-0.39, 0.29) is 0 Å². The molecule has 2 fully saturated rings. The van der Waals surface area contributed by atoms with Crippen LogP contribution in [0.5, 0.6) is 0 Å². The monoisotopic (exact) mass is 307 g/mol. The minimum absolute atomic E-state index is 0.293. The van der Waals surface area contributed by atoms with Gasteiger partial charge in [0.25, 0.3) is 0 Å². The highest BCUT2D eigenvalue weighted by molar-refractivity contribution is 5.39. The lowest BCUT2D eigenvalue weighted by Gasteiger charge is -2.26. The first kappa shape index (κ1) is 15.5. The van der Waals surface area contributed by atoms with E-state index in [2.05, 4.69) is 25.5 Å². The fourth-order valence-electron chi connectivity index (χ4n) is 2.72. The van der Waals surface area contributed by atoms with Crippen molar-refractivity contribution in [3.63, 3.8) is 0 Å². The van der Waals surface area contributed by atoms with Crippen LogP contribution in [0, 0.1) is 0 Å². The number of hydrogen-bond acceptors (Lipinski definition) is 7. The molecule has 0 radical (unpaired) electrons. The average molecular weight is 307 g/mol. The molecule has 1 atom stereocenters. The Morgan fingerprint density at radius 3 is 2.95 bits per heavy atom. The molecule has 7 heteroatoms. The Labute approximate surface area is 131 Å². The van der Waals surface area contributed by atoms with Crippen LogP contribution in [0.2, 0.25) is 0 Å². The van der Waals surface area contributed by atoms with Crippen molar-refractivity contribution >= 4 is 11.8 Å². The molecule has 1 aromatic rings. The summed E-state index contributed by atoms with van der Waals surface area (Å²) in [6.45, 7) is 7.23. The first-order valence-corrected chi connectivity index (χ1v) is 8.13. The average Bonchev–Trinajstić information content (AvgIpc) is 3.08. The third-order valence-electron chi connectivity index (χ3n) is 4.01. The van der Waals surface area contributed by atoms with Crippen molar-refractivity contribution < 1.29 is 9.47 Å². The number of nitrogens with one attached hydrogen (secondary N) is 2.